The summed E-state index contributed by atoms with van der Waals surface area (Å²) in [5, 5.41) is 0.713. The number of hydrogen-bond donors (Lipinski definition) is 0. The number of fused-ring (bicyclic) bond motifs is 1. The standard InChI is InChI=1S/C13H15BrO4/c1-8-12(15)9-3-4-11(16-2)13(17-6-5-14)10(9)7-18-8/h3-4,8H,5-7H2,1-2H3. The Balaban J connectivity index is 2.45. The number of ketones is 1. The second-order valence-electron chi connectivity index (χ2n) is 3.98. The zero-order valence-corrected chi connectivity index (χ0v) is 12.0. The molecular formula is C13H15BrO4. The molecule has 2 rings (SSSR count). The van der Waals surface area contributed by atoms with Gasteiger partial charge in [-0.2, -0.15) is 0 Å². The molecule has 1 aromatic carbocycles. The van der Waals surface area contributed by atoms with Crippen molar-refractivity contribution in [1.82, 2.24) is 0 Å². The number of carbonyl (C=O) groups is 1. The maximum absolute atomic E-state index is 12.0. The van der Waals surface area contributed by atoms with Crippen LogP contribution in [-0.4, -0.2) is 30.9 Å². The molecule has 0 fully saturated rings. The van der Waals surface area contributed by atoms with Crippen LogP contribution in [0.1, 0.15) is 22.8 Å². The molecule has 1 aromatic rings. The summed E-state index contributed by atoms with van der Waals surface area (Å²) in [4.78, 5) is 12.0. The smallest absolute Gasteiger partial charge is 0.191 e. The van der Waals surface area contributed by atoms with Crippen LogP contribution < -0.4 is 9.47 Å². The van der Waals surface area contributed by atoms with Crippen molar-refractivity contribution in [1.29, 1.82) is 0 Å². The van der Waals surface area contributed by atoms with Crippen LogP contribution in [0.2, 0.25) is 0 Å². The minimum atomic E-state index is -0.394. The van der Waals surface area contributed by atoms with E-state index in [4.69, 9.17) is 14.2 Å². The number of halogens is 1. The SMILES string of the molecule is COc1ccc2c(c1OCCBr)COC(C)C2=O. The third-order valence-electron chi connectivity index (χ3n) is 2.88. The third-order valence-corrected chi connectivity index (χ3v) is 3.20. The first-order valence-corrected chi connectivity index (χ1v) is 6.85. The van der Waals surface area contributed by atoms with E-state index in [1.54, 1.807) is 26.2 Å². The van der Waals surface area contributed by atoms with Crippen LogP contribution in [-0.2, 0) is 11.3 Å². The van der Waals surface area contributed by atoms with E-state index >= 15 is 0 Å². The summed E-state index contributed by atoms with van der Waals surface area (Å²) in [6, 6.07) is 3.54. The molecule has 0 spiro atoms. The van der Waals surface area contributed by atoms with E-state index in [9.17, 15) is 4.79 Å². The zero-order chi connectivity index (χ0) is 13.1. The molecule has 1 aliphatic rings. The molecule has 0 aliphatic carbocycles. The van der Waals surface area contributed by atoms with Gasteiger partial charge in [0.1, 0.15) is 6.10 Å². The van der Waals surface area contributed by atoms with Gasteiger partial charge in [0.15, 0.2) is 17.3 Å². The maximum atomic E-state index is 12.0. The lowest BCUT2D eigenvalue weighted by Gasteiger charge is -2.24. The summed E-state index contributed by atoms with van der Waals surface area (Å²) >= 11 is 3.31. The molecule has 1 unspecified atom stereocenters. The topological polar surface area (TPSA) is 44.8 Å². The van der Waals surface area contributed by atoms with E-state index in [1.807, 2.05) is 0 Å². The van der Waals surface area contributed by atoms with Gasteiger partial charge in [-0.15, -0.1) is 0 Å². The average molecular weight is 315 g/mol. The van der Waals surface area contributed by atoms with Crippen molar-refractivity contribution < 1.29 is 19.0 Å². The van der Waals surface area contributed by atoms with E-state index in [0.717, 1.165) is 5.56 Å². The van der Waals surface area contributed by atoms with Crippen LogP contribution in [0.15, 0.2) is 12.1 Å². The fraction of sp³-hybridized carbons (Fsp3) is 0.462. The monoisotopic (exact) mass is 314 g/mol. The summed E-state index contributed by atoms with van der Waals surface area (Å²) < 4.78 is 16.4. The summed E-state index contributed by atoms with van der Waals surface area (Å²) in [7, 11) is 1.58. The molecule has 98 valence electrons. The van der Waals surface area contributed by atoms with Gasteiger partial charge in [0, 0.05) is 16.5 Å². The molecule has 18 heavy (non-hydrogen) atoms. The van der Waals surface area contributed by atoms with Gasteiger partial charge >= 0.3 is 0 Å². The number of alkyl halides is 1. The fourth-order valence-corrected chi connectivity index (χ4v) is 2.10. The number of ether oxygens (including phenoxy) is 3. The van der Waals surface area contributed by atoms with Crippen molar-refractivity contribution in [3.63, 3.8) is 0 Å². The predicted molar refractivity (Wildman–Crippen MR) is 70.9 cm³/mol. The highest BCUT2D eigenvalue weighted by molar-refractivity contribution is 9.09. The van der Waals surface area contributed by atoms with E-state index in [-0.39, 0.29) is 5.78 Å². The van der Waals surface area contributed by atoms with E-state index in [1.165, 1.54) is 0 Å². The quantitative estimate of drug-likeness (QED) is 0.801. The van der Waals surface area contributed by atoms with Gasteiger partial charge in [-0.05, 0) is 19.1 Å². The number of benzene rings is 1. The zero-order valence-electron chi connectivity index (χ0n) is 10.4. The molecule has 0 N–H and O–H groups in total. The fourth-order valence-electron chi connectivity index (χ4n) is 1.94. The molecule has 5 heteroatoms. The number of methoxy groups -OCH3 is 1. The molecule has 0 saturated carbocycles. The molecule has 0 bridgehead atoms. The van der Waals surface area contributed by atoms with E-state index < -0.39 is 6.10 Å². The van der Waals surface area contributed by atoms with E-state index in [0.29, 0.717) is 35.6 Å². The first-order valence-electron chi connectivity index (χ1n) is 5.73. The van der Waals surface area contributed by atoms with Crippen molar-refractivity contribution in [2.24, 2.45) is 0 Å². The minimum Gasteiger partial charge on any atom is -0.493 e. The second kappa shape index (κ2) is 5.71. The summed E-state index contributed by atoms with van der Waals surface area (Å²) in [6.45, 7) is 2.64. The van der Waals surface area contributed by atoms with E-state index in [2.05, 4.69) is 15.9 Å². The molecule has 1 heterocycles. The van der Waals surface area contributed by atoms with Crippen molar-refractivity contribution in [2.75, 3.05) is 19.0 Å². The second-order valence-corrected chi connectivity index (χ2v) is 4.77. The molecule has 4 nitrogen and oxygen atoms in total. The van der Waals surface area contributed by atoms with Gasteiger partial charge in [-0.3, -0.25) is 4.79 Å². The summed E-state index contributed by atoms with van der Waals surface area (Å²) in [5.41, 5.74) is 1.44. The molecular weight excluding hydrogens is 300 g/mol. The lowest BCUT2D eigenvalue weighted by molar-refractivity contribution is 0.0325. The van der Waals surface area contributed by atoms with Gasteiger partial charge in [0.2, 0.25) is 0 Å². The van der Waals surface area contributed by atoms with Crippen LogP contribution in [0.4, 0.5) is 0 Å². The predicted octanol–water partition coefficient (Wildman–Crippen LogP) is 2.57. The van der Waals surface area contributed by atoms with Gasteiger partial charge in [0.05, 0.1) is 20.3 Å². The Labute approximate surface area is 114 Å². The minimum absolute atomic E-state index is 0.0115. The third kappa shape index (κ3) is 2.37. The lowest BCUT2D eigenvalue weighted by atomic mass is 9.97. The van der Waals surface area contributed by atoms with Gasteiger partial charge in [-0.1, -0.05) is 15.9 Å². The summed E-state index contributed by atoms with van der Waals surface area (Å²) in [5.74, 6) is 1.22. The van der Waals surface area contributed by atoms with Crippen LogP contribution in [0.5, 0.6) is 11.5 Å². The van der Waals surface area contributed by atoms with Crippen molar-refractivity contribution in [3.05, 3.63) is 23.3 Å². The molecule has 0 saturated heterocycles. The molecule has 0 radical (unpaired) electrons. The Kier molecular flexibility index (Phi) is 4.24. The largest absolute Gasteiger partial charge is 0.493 e. The molecule has 1 atom stereocenters. The lowest BCUT2D eigenvalue weighted by Crippen LogP contribution is -2.27. The highest BCUT2D eigenvalue weighted by Crippen LogP contribution is 2.37. The molecule has 0 amide bonds. The Bertz CT molecular complexity index is 459. The highest BCUT2D eigenvalue weighted by atomic mass is 79.9. The number of hydrogen-bond acceptors (Lipinski definition) is 4. The Morgan fingerprint density at radius 3 is 2.94 bits per heavy atom. The first-order chi connectivity index (χ1) is 8.69. The number of rotatable bonds is 4. The normalized spacial score (nSPS) is 18.4. The van der Waals surface area contributed by atoms with Crippen LogP contribution in [0, 0.1) is 0 Å². The molecule has 1 aliphatic heterocycles. The maximum Gasteiger partial charge on any atom is 0.191 e. The first kappa shape index (κ1) is 13.4. The molecule has 0 aromatic heterocycles. The Morgan fingerprint density at radius 1 is 1.50 bits per heavy atom. The van der Waals surface area contributed by atoms with Crippen molar-refractivity contribution in [2.45, 2.75) is 19.6 Å². The van der Waals surface area contributed by atoms with Gasteiger partial charge < -0.3 is 14.2 Å². The highest BCUT2D eigenvalue weighted by Gasteiger charge is 2.28. The van der Waals surface area contributed by atoms with Crippen LogP contribution in [0.3, 0.4) is 0 Å². The average Bonchev–Trinajstić information content (AvgIpc) is 2.40. The van der Waals surface area contributed by atoms with Crippen molar-refractivity contribution in [3.8, 4) is 11.5 Å². The Hall–Kier alpha value is -1.07. The number of carbonyl (C=O) groups excluding carboxylic acids is 1. The van der Waals surface area contributed by atoms with Gasteiger partial charge in [-0.25, -0.2) is 0 Å². The Morgan fingerprint density at radius 2 is 2.28 bits per heavy atom. The van der Waals surface area contributed by atoms with Crippen LogP contribution in [0.25, 0.3) is 0 Å². The van der Waals surface area contributed by atoms with Gasteiger partial charge in [0.25, 0.3) is 0 Å². The van der Waals surface area contributed by atoms with Crippen LogP contribution >= 0.6 is 15.9 Å². The summed E-state index contributed by atoms with van der Waals surface area (Å²) in [6.07, 6.45) is -0.394. The van der Waals surface area contributed by atoms with Crippen molar-refractivity contribution >= 4 is 21.7 Å². The number of Topliss-reactive ketones (excluding diaryl/α,β-unsaturated/α-hetero) is 1.